The number of hydrogen-bond donors (Lipinski definition) is 2. The number of esters is 1. The van der Waals surface area contributed by atoms with Gasteiger partial charge in [-0.1, -0.05) is 36.9 Å². The van der Waals surface area contributed by atoms with E-state index in [0.717, 1.165) is 39.9 Å². The zero-order valence-electron chi connectivity index (χ0n) is 17.9. The van der Waals surface area contributed by atoms with E-state index in [9.17, 15) is 4.79 Å². The summed E-state index contributed by atoms with van der Waals surface area (Å²) in [4.78, 5) is 15.1. The van der Waals surface area contributed by atoms with Crippen molar-refractivity contribution in [3.05, 3.63) is 69.7 Å². The normalized spacial score (nSPS) is 11.9. The van der Waals surface area contributed by atoms with Crippen LogP contribution in [0.5, 0.6) is 0 Å². The highest BCUT2D eigenvalue weighted by molar-refractivity contribution is 5.94. The first-order chi connectivity index (χ1) is 15.1. The van der Waals surface area contributed by atoms with Crippen molar-refractivity contribution in [3.63, 3.8) is 0 Å². The van der Waals surface area contributed by atoms with Crippen LogP contribution in [0.3, 0.4) is 0 Å². The number of carbonyl (C=O) groups excluding carboxylic acids is 1. The number of benzene rings is 2. The summed E-state index contributed by atoms with van der Waals surface area (Å²) in [6.45, 7) is 6.20. The number of aryl methyl sites for hydroxylation is 1. The van der Waals surface area contributed by atoms with Gasteiger partial charge in [-0.3, -0.25) is 0 Å². The number of hydrogen-bond acceptors (Lipinski definition) is 5. The largest absolute Gasteiger partial charge is 0.465 e. The summed E-state index contributed by atoms with van der Waals surface area (Å²) in [5, 5.41) is 11.5. The van der Waals surface area contributed by atoms with Gasteiger partial charge in [-0.25, -0.2) is 4.79 Å². The maximum Gasteiger partial charge on any atom is 0.337 e. The lowest BCUT2D eigenvalue weighted by atomic mass is 10.0. The van der Waals surface area contributed by atoms with Crippen LogP contribution >= 0.6 is 0 Å². The molecule has 0 saturated heterocycles. The molecule has 1 aromatic heterocycles. The van der Waals surface area contributed by atoms with E-state index < -0.39 is 0 Å². The average Bonchev–Trinajstić information content (AvgIpc) is 3.10. The van der Waals surface area contributed by atoms with Crippen LogP contribution in [-0.4, -0.2) is 56.2 Å². The quantitative estimate of drug-likeness (QED) is 0.365. The van der Waals surface area contributed by atoms with E-state index in [1.54, 1.807) is 12.1 Å². The summed E-state index contributed by atoms with van der Waals surface area (Å²) in [6.07, 6.45) is 3.93. The number of aromatic nitrogens is 1. The Balaban J connectivity index is 1.74. The first-order valence-corrected chi connectivity index (χ1v) is 10.4. The molecule has 0 spiro atoms. The Kier molecular flexibility index (Phi) is 8.41. The lowest BCUT2D eigenvalue weighted by Gasteiger charge is -2.07. The van der Waals surface area contributed by atoms with E-state index in [1.807, 2.05) is 18.2 Å². The molecular weight excluding hydrogens is 394 g/mol. The Labute approximate surface area is 181 Å². The minimum absolute atomic E-state index is 0.0329. The molecule has 3 aromatic rings. The molecule has 0 radical (unpaired) electrons. The number of fused-ring (bicyclic) bond motifs is 1. The molecule has 0 aliphatic carbocycles. The second kappa shape index (κ2) is 11.5. The fourth-order valence-electron chi connectivity index (χ4n) is 3.49. The first-order valence-electron chi connectivity index (χ1n) is 10.4. The molecule has 6 nitrogen and oxygen atoms in total. The smallest absolute Gasteiger partial charge is 0.337 e. The second-order valence-electron chi connectivity index (χ2n) is 7.16. The molecule has 0 aliphatic heterocycles. The van der Waals surface area contributed by atoms with Crippen molar-refractivity contribution in [2.45, 2.75) is 12.8 Å². The third-order valence-electron chi connectivity index (χ3n) is 5.04. The molecule has 0 bridgehead atoms. The van der Waals surface area contributed by atoms with Gasteiger partial charge in [0.05, 0.1) is 39.1 Å². The van der Waals surface area contributed by atoms with Crippen molar-refractivity contribution < 1.29 is 24.1 Å². The molecule has 2 aromatic carbocycles. The van der Waals surface area contributed by atoms with Gasteiger partial charge in [-0.2, -0.15) is 0 Å². The molecule has 2 N–H and O–H groups in total. The average molecular weight is 424 g/mol. The van der Waals surface area contributed by atoms with Crippen molar-refractivity contribution in [1.82, 2.24) is 4.98 Å². The molecule has 0 unspecified atom stereocenters. The molecular formula is C25H29NO5. The van der Waals surface area contributed by atoms with Crippen molar-refractivity contribution >= 4 is 29.5 Å². The Hall–Kier alpha value is -2.93. The molecule has 3 rings (SSSR count). The van der Waals surface area contributed by atoms with Crippen LogP contribution in [-0.2, 0) is 20.6 Å². The van der Waals surface area contributed by atoms with E-state index in [-0.39, 0.29) is 12.6 Å². The van der Waals surface area contributed by atoms with Gasteiger partial charge in [0.2, 0.25) is 0 Å². The van der Waals surface area contributed by atoms with Crippen LogP contribution in [0.2, 0.25) is 0 Å². The van der Waals surface area contributed by atoms with Gasteiger partial charge in [0.1, 0.15) is 0 Å². The summed E-state index contributed by atoms with van der Waals surface area (Å²) in [7, 11) is 1.38. The van der Waals surface area contributed by atoms with E-state index in [1.165, 1.54) is 12.7 Å². The maximum atomic E-state index is 11.8. The number of aromatic amines is 1. The summed E-state index contributed by atoms with van der Waals surface area (Å²) >= 11 is 0. The predicted molar refractivity (Wildman–Crippen MR) is 121 cm³/mol. The van der Waals surface area contributed by atoms with Crippen LogP contribution < -0.4 is 10.6 Å². The molecule has 31 heavy (non-hydrogen) atoms. The van der Waals surface area contributed by atoms with Crippen LogP contribution in [0.4, 0.5) is 0 Å². The SMILES string of the molecule is C=c1[nH]c2cc(C(=O)OC)ccc2/c1=C\c1ccccc1CCCOCCOCCO. The van der Waals surface area contributed by atoms with Gasteiger partial charge in [0.15, 0.2) is 0 Å². The highest BCUT2D eigenvalue weighted by Gasteiger charge is 2.08. The Morgan fingerprint density at radius 1 is 1.10 bits per heavy atom. The van der Waals surface area contributed by atoms with Gasteiger partial charge >= 0.3 is 5.97 Å². The summed E-state index contributed by atoms with van der Waals surface area (Å²) in [5.41, 5.74) is 3.73. The lowest BCUT2D eigenvalue weighted by molar-refractivity contribution is 0.0326. The van der Waals surface area contributed by atoms with Crippen molar-refractivity contribution in [1.29, 1.82) is 0 Å². The summed E-state index contributed by atoms with van der Waals surface area (Å²) < 4.78 is 15.6. The number of ether oxygens (including phenoxy) is 3. The number of H-pyrrole nitrogens is 1. The molecule has 0 aliphatic rings. The van der Waals surface area contributed by atoms with Crippen molar-refractivity contribution in [2.75, 3.05) is 40.1 Å². The zero-order valence-corrected chi connectivity index (χ0v) is 17.9. The van der Waals surface area contributed by atoms with Gasteiger partial charge in [-0.05, 0) is 42.2 Å². The van der Waals surface area contributed by atoms with Gasteiger partial charge in [0.25, 0.3) is 0 Å². The number of aliphatic hydroxyl groups excluding tert-OH is 1. The molecule has 0 saturated carbocycles. The van der Waals surface area contributed by atoms with Gasteiger partial charge < -0.3 is 24.3 Å². The number of aliphatic hydroxyl groups is 1. The maximum absolute atomic E-state index is 11.8. The molecule has 6 heteroatoms. The number of carbonyl (C=O) groups is 1. The molecule has 0 atom stereocenters. The predicted octanol–water partition coefficient (Wildman–Crippen LogP) is 2.15. The molecule has 164 valence electrons. The third-order valence-corrected chi connectivity index (χ3v) is 5.04. The van der Waals surface area contributed by atoms with Crippen LogP contribution in [0, 0.1) is 0 Å². The minimum Gasteiger partial charge on any atom is -0.465 e. The van der Waals surface area contributed by atoms with Gasteiger partial charge in [0, 0.05) is 28.1 Å². The van der Waals surface area contributed by atoms with Crippen molar-refractivity contribution in [2.24, 2.45) is 0 Å². The second-order valence-corrected chi connectivity index (χ2v) is 7.16. The number of rotatable bonds is 11. The fourth-order valence-corrected chi connectivity index (χ4v) is 3.49. The van der Waals surface area contributed by atoms with Crippen LogP contribution in [0.15, 0.2) is 42.5 Å². The Bertz CT molecular complexity index is 1120. The fraction of sp³-hybridized carbons (Fsp3) is 0.320. The monoisotopic (exact) mass is 423 g/mol. The summed E-state index contributed by atoms with van der Waals surface area (Å²) in [5.74, 6) is -0.361. The van der Waals surface area contributed by atoms with Crippen LogP contribution in [0.1, 0.15) is 27.9 Å². The van der Waals surface area contributed by atoms with E-state index in [0.29, 0.717) is 32.0 Å². The molecule has 0 amide bonds. The highest BCUT2D eigenvalue weighted by atomic mass is 16.5. The number of methoxy groups -OCH3 is 1. The highest BCUT2D eigenvalue weighted by Crippen LogP contribution is 2.14. The Morgan fingerprint density at radius 3 is 2.65 bits per heavy atom. The Morgan fingerprint density at radius 2 is 1.87 bits per heavy atom. The molecule has 0 fully saturated rings. The topological polar surface area (TPSA) is 80.8 Å². The molecule has 1 heterocycles. The summed E-state index contributed by atoms with van der Waals surface area (Å²) in [6, 6.07) is 13.8. The van der Waals surface area contributed by atoms with E-state index in [2.05, 4.69) is 29.8 Å². The number of nitrogens with one attached hydrogen (secondary N) is 1. The van der Waals surface area contributed by atoms with Crippen molar-refractivity contribution in [3.8, 4) is 0 Å². The van der Waals surface area contributed by atoms with Crippen LogP contribution in [0.25, 0.3) is 23.6 Å². The third kappa shape index (κ3) is 6.04. The zero-order chi connectivity index (χ0) is 22.1. The standard InChI is InChI=1S/C25H29NO5/c1-18-23(22-10-9-21(25(28)29-2)17-24(22)26-18)16-20-7-4-3-6-19(20)8-5-12-30-14-15-31-13-11-27/h3-4,6-7,9-10,16-17,26-27H,1,5,8,11-15H2,2H3/b23-16-. The van der Waals surface area contributed by atoms with E-state index >= 15 is 0 Å². The minimum atomic E-state index is -0.361. The first kappa shape index (κ1) is 22.7. The van der Waals surface area contributed by atoms with E-state index in [4.69, 9.17) is 19.3 Å². The van der Waals surface area contributed by atoms with Gasteiger partial charge in [-0.15, -0.1) is 0 Å². The lowest BCUT2D eigenvalue weighted by Crippen LogP contribution is -2.21.